The lowest BCUT2D eigenvalue weighted by Gasteiger charge is -2.25. The molecule has 1 unspecified atom stereocenters. The molecule has 1 heterocycles. The minimum Gasteiger partial charge on any atom is -0.310 e. The fourth-order valence-electron chi connectivity index (χ4n) is 1.86. The van der Waals surface area contributed by atoms with Crippen molar-refractivity contribution in [2.24, 2.45) is 0 Å². The van der Waals surface area contributed by atoms with E-state index in [1.165, 1.54) is 22.0 Å². The zero-order valence-corrected chi connectivity index (χ0v) is 10.6. The van der Waals surface area contributed by atoms with Gasteiger partial charge in [0.15, 0.2) is 0 Å². The van der Waals surface area contributed by atoms with Crippen LogP contribution in [0.2, 0.25) is 0 Å². The van der Waals surface area contributed by atoms with Crippen molar-refractivity contribution in [1.29, 1.82) is 0 Å². The Labute approximate surface area is 99.8 Å². The van der Waals surface area contributed by atoms with Crippen LogP contribution >= 0.6 is 28.3 Å². The van der Waals surface area contributed by atoms with Crippen LogP contribution in [0.15, 0.2) is 22.7 Å². The van der Waals surface area contributed by atoms with E-state index >= 15 is 0 Å². The molecule has 1 aromatic rings. The zero-order chi connectivity index (χ0) is 9.26. The van der Waals surface area contributed by atoms with E-state index in [2.05, 4.69) is 46.4 Å². The molecule has 1 atom stereocenters. The second-order valence-corrected chi connectivity index (χ2v) is 4.42. The first-order valence-corrected chi connectivity index (χ1v) is 5.60. The summed E-state index contributed by atoms with van der Waals surface area (Å²) in [6, 6.07) is 7.11. The fraction of sp³-hybridized carbons (Fsp3) is 0.455. The highest BCUT2D eigenvalue weighted by molar-refractivity contribution is 9.10. The number of hydrogen-bond donors (Lipinski definition) is 1. The summed E-state index contributed by atoms with van der Waals surface area (Å²) >= 11 is 3.61. The van der Waals surface area contributed by atoms with Crippen LogP contribution in [0.1, 0.15) is 24.5 Å². The third-order valence-corrected chi connectivity index (χ3v) is 3.48. The van der Waals surface area contributed by atoms with E-state index in [0.29, 0.717) is 6.04 Å². The Hall–Kier alpha value is -0.0500. The summed E-state index contributed by atoms with van der Waals surface area (Å²) in [7, 11) is 0. The van der Waals surface area contributed by atoms with E-state index in [0.717, 1.165) is 13.0 Å². The van der Waals surface area contributed by atoms with Crippen LogP contribution in [-0.2, 0) is 13.0 Å². The van der Waals surface area contributed by atoms with Gasteiger partial charge in [0.05, 0.1) is 0 Å². The smallest absolute Gasteiger partial charge is 0.0211 e. The monoisotopic (exact) mass is 275 g/mol. The Balaban J connectivity index is 0.000000980. The molecule has 0 radical (unpaired) electrons. The number of rotatable bonds is 1. The van der Waals surface area contributed by atoms with Crippen LogP contribution in [0, 0.1) is 0 Å². The van der Waals surface area contributed by atoms with Crippen molar-refractivity contribution < 1.29 is 0 Å². The van der Waals surface area contributed by atoms with Crippen LogP contribution in [-0.4, -0.2) is 6.04 Å². The molecule has 1 aliphatic rings. The first kappa shape index (κ1) is 12.0. The van der Waals surface area contributed by atoms with Crippen molar-refractivity contribution in [3.05, 3.63) is 33.8 Å². The van der Waals surface area contributed by atoms with E-state index in [-0.39, 0.29) is 12.4 Å². The third-order valence-electron chi connectivity index (χ3n) is 2.74. The zero-order valence-electron chi connectivity index (χ0n) is 8.22. The summed E-state index contributed by atoms with van der Waals surface area (Å²) in [5.41, 5.74) is 2.94. The number of hydrogen-bond acceptors (Lipinski definition) is 1. The molecule has 2 rings (SSSR count). The van der Waals surface area contributed by atoms with E-state index in [1.807, 2.05) is 0 Å². The molecular formula is C11H15BrClN. The van der Waals surface area contributed by atoms with Crippen LogP contribution in [0.5, 0.6) is 0 Å². The van der Waals surface area contributed by atoms with Crippen molar-refractivity contribution in [2.75, 3.05) is 0 Å². The maximum absolute atomic E-state index is 3.61. The molecule has 0 spiro atoms. The molecule has 0 saturated heterocycles. The number of nitrogens with one attached hydrogen (secondary N) is 1. The molecule has 0 bridgehead atoms. The van der Waals surface area contributed by atoms with Gasteiger partial charge >= 0.3 is 0 Å². The summed E-state index contributed by atoms with van der Waals surface area (Å²) in [5, 5.41) is 3.53. The van der Waals surface area contributed by atoms with Crippen molar-refractivity contribution >= 4 is 28.3 Å². The molecule has 1 aromatic carbocycles. The van der Waals surface area contributed by atoms with Crippen molar-refractivity contribution in [1.82, 2.24) is 5.32 Å². The second kappa shape index (κ2) is 5.15. The average molecular weight is 277 g/mol. The van der Waals surface area contributed by atoms with E-state index in [4.69, 9.17) is 0 Å². The summed E-state index contributed by atoms with van der Waals surface area (Å²) in [6.07, 6.45) is 2.37. The Bertz CT molecular complexity index is 314. The van der Waals surface area contributed by atoms with E-state index in [1.54, 1.807) is 0 Å². The molecule has 0 saturated carbocycles. The first-order valence-electron chi connectivity index (χ1n) is 4.81. The maximum Gasteiger partial charge on any atom is 0.0211 e. The lowest BCUT2D eigenvalue weighted by atomic mass is 9.95. The molecule has 78 valence electrons. The quantitative estimate of drug-likeness (QED) is 0.830. The van der Waals surface area contributed by atoms with Gasteiger partial charge in [0.2, 0.25) is 0 Å². The second-order valence-electron chi connectivity index (χ2n) is 3.57. The van der Waals surface area contributed by atoms with Crippen LogP contribution in [0.3, 0.4) is 0 Å². The van der Waals surface area contributed by atoms with Crippen molar-refractivity contribution in [3.63, 3.8) is 0 Å². The summed E-state index contributed by atoms with van der Waals surface area (Å²) in [5.74, 6) is 0. The van der Waals surface area contributed by atoms with Crippen LogP contribution in [0.4, 0.5) is 0 Å². The highest BCUT2D eigenvalue weighted by atomic mass is 79.9. The first-order chi connectivity index (χ1) is 6.31. The van der Waals surface area contributed by atoms with Gasteiger partial charge < -0.3 is 5.32 Å². The Kier molecular flexibility index (Phi) is 4.42. The van der Waals surface area contributed by atoms with Crippen LogP contribution < -0.4 is 5.32 Å². The molecule has 0 fully saturated rings. The third kappa shape index (κ3) is 2.30. The fourth-order valence-corrected chi connectivity index (χ4v) is 2.43. The van der Waals surface area contributed by atoms with Gasteiger partial charge in [0.25, 0.3) is 0 Å². The highest BCUT2D eigenvalue weighted by Gasteiger charge is 2.17. The molecule has 0 aromatic heterocycles. The van der Waals surface area contributed by atoms with Gasteiger partial charge in [0.1, 0.15) is 0 Å². The standard InChI is InChI=1S/C11H14BrN.ClH/c1-2-9-6-10-8(7-13-9)4-3-5-11(10)12;/h3-5,9,13H,2,6-7H2,1H3;1H. The van der Waals surface area contributed by atoms with E-state index in [9.17, 15) is 0 Å². The van der Waals surface area contributed by atoms with Gasteiger partial charge in [-0.05, 0) is 30.0 Å². The summed E-state index contributed by atoms with van der Waals surface area (Å²) in [6.45, 7) is 3.26. The predicted octanol–water partition coefficient (Wildman–Crippen LogP) is 3.30. The van der Waals surface area contributed by atoms with E-state index < -0.39 is 0 Å². The van der Waals surface area contributed by atoms with Crippen molar-refractivity contribution in [2.45, 2.75) is 32.4 Å². The van der Waals surface area contributed by atoms with Crippen LogP contribution in [0.25, 0.3) is 0 Å². The summed E-state index contributed by atoms with van der Waals surface area (Å²) < 4.78 is 1.27. The van der Waals surface area contributed by atoms with Gasteiger partial charge in [-0.2, -0.15) is 0 Å². The summed E-state index contributed by atoms with van der Waals surface area (Å²) in [4.78, 5) is 0. The largest absolute Gasteiger partial charge is 0.310 e. The van der Waals surface area contributed by atoms with Gasteiger partial charge in [-0.15, -0.1) is 12.4 Å². The normalized spacial score (nSPS) is 19.7. The minimum atomic E-state index is 0. The Morgan fingerprint density at radius 3 is 3.00 bits per heavy atom. The van der Waals surface area contributed by atoms with Gasteiger partial charge in [-0.1, -0.05) is 35.0 Å². The molecule has 3 heteroatoms. The van der Waals surface area contributed by atoms with Gasteiger partial charge in [-0.3, -0.25) is 0 Å². The number of benzene rings is 1. The number of halogens is 2. The number of fused-ring (bicyclic) bond motifs is 1. The molecule has 14 heavy (non-hydrogen) atoms. The molecule has 1 nitrogen and oxygen atoms in total. The van der Waals surface area contributed by atoms with Gasteiger partial charge in [0, 0.05) is 17.1 Å². The lowest BCUT2D eigenvalue weighted by molar-refractivity contribution is 0.467. The molecule has 0 aliphatic carbocycles. The molecule has 0 amide bonds. The van der Waals surface area contributed by atoms with Gasteiger partial charge in [-0.25, -0.2) is 0 Å². The SMILES string of the molecule is CCC1Cc2c(Br)cccc2CN1.Cl. The molecule has 1 aliphatic heterocycles. The lowest BCUT2D eigenvalue weighted by Crippen LogP contribution is -2.34. The predicted molar refractivity (Wildman–Crippen MR) is 66.0 cm³/mol. The minimum absolute atomic E-state index is 0. The Morgan fingerprint density at radius 1 is 1.50 bits per heavy atom. The Morgan fingerprint density at radius 2 is 2.29 bits per heavy atom. The topological polar surface area (TPSA) is 12.0 Å². The molecular weight excluding hydrogens is 261 g/mol. The average Bonchev–Trinajstić information content (AvgIpc) is 2.18. The maximum atomic E-state index is 3.61. The van der Waals surface area contributed by atoms with Crippen molar-refractivity contribution in [3.8, 4) is 0 Å². The molecule has 1 N–H and O–H groups in total. The highest BCUT2D eigenvalue weighted by Crippen LogP contribution is 2.25.